The Morgan fingerprint density at radius 2 is 1.91 bits per heavy atom. The van der Waals surface area contributed by atoms with Gasteiger partial charge >= 0.3 is 6.09 Å². The summed E-state index contributed by atoms with van der Waals surface area (Å²) < 4.78 is 11.2. The highest BCUT2D eigenvalue weighted by Gasteiger charge is 2.18. The van der Waals surface area contributed by atoms with Gasteiger partial charge < -0.3 is 25.2 Å². The van der Waals surface area contributed by atoms with Gasteiger partial charge in [-0.15, -0.1) is 0 Å². The van der Waals surface area contributed by atoms with E-state index in [1.807, 2.05) is 12.1 Å². The Morgan fingerprint density at radius 3 is 2.59 bits per heavy atom. The smallest absolute Gasteiger partial charge is 0.417 e. The first-order valence-corrected chi connectivity index (χ1v) is 10.2. The lowest BCUT2D eigenvalue weighted by Gasteiger charge is -2.19. The molecule has 0 saturated carbocycles. The van der Waals surface area contributed by atoms with Crippen molar-refractivity contribution < 1.29 is 19.4 Å². The first kappa shape index (κ1) is 22.8. The van der Waals surface area contributed by atoms with Crippen LogP contribution in [0.3, 0.4) is 0 Å². The number of para-hydroxylation sites is 1. The van der Waals surface area contributed by atoms with Crippen molar-refractivity contribution in [2.45, 2.75) is 19.9 Å². The summed E-state index contributed by atoms with van der Waals surface area (Å²) in [4.78, 5) is 21.5. The molecule has 0 radical (unpaired) electrons. The summed E-state index contributed by atoms with van der Waals surface area (Å²) in [5, 5.41) is 16.1. The number of methoxy groups -OCH3 is 1. The van der Waals surface area contributed by atoms with Gasteiger partial charge in [-0.05, 0) is 24.3 Å². The number of carboxylic acid groups (broad SMARTS) is 1. The van der Waals surface area contributed by atoms with Gasteiger partial charge in [-0.25, -0.2) is 14.7 Å². The molecular formula is C23H27N5O4. The molecule has 3 aromatic rings. The minimum Gasteiger partial charge on any atom is -0.493 e. The van der Waals surface area contributed by atoms with E-state index < -0.39 is 6.09 Å². The Labute approximate surface area is 187 Å². The average molecular weight is 438 g/mol. The van der Waals surface area contributed by atoms with Crippen molar-refractivity contribution in [1.29, 1.82) is 0 Å². The maximum absolute atomic E-state index is 11.8. The van der Waals surface area contributed by atoms with Crippen LogP contribution in [0.25, 0.3) is 0 Å². The van der Waals surface area contributed by atoms with Gasteiger partial charge in [-0.3, -0.25) is 0 Å². The molecule has 1 amide bonds. The number of nitrogens with zero attached hydrogens (tertiary/aromatic N) is 3. The first-order chi connectivity index (χ1) is 15.5. The zero-order chi connectivity index (χ0) is 22.9. The van der Waals surface area contributed by atoms with Crippen LogP contribution in [0.15, 0.2) is 60.8 Å². The van der Waals surface area contributed by atoms with Crippen LogP contribution in [0.2, 0.25) is 0 Å². The number of benzene rings is 2. The third-order valence-corrected chi connectivity index (χ3v) is 4.41. The average Bonchev–Trinajstić information content (AvgIpc) is 2.78. The Balaban J connectivity index is 1.75. The van der Waals surface area contributed by atoms with Crippen molar-refractivity contribution in [3.63, 3.8) is 0 Å². The number of hydrogen-bond donors (Lipinski definition) is 3. The SMILES string of the molecule is COc1cc(Nc2nccc(N(C(=O)O)c3ccccc3)n2)ccc1OCCNC(C)C. The minimum absolute atomic E-state index is 0.228. The molecule has 1 aromatic heterocycles. The molecule has 32 heavy (non-hydrogen) atoms. The Kier molecular flexibility index (Phi) is 7.82. The van der Waals surface area contributed by atoms with E-state index in [0.717, 1.165) is 11.4 Å². The molecule has 9 nitrogen and oxygen atoms in total. The number of rotatable bonds is 10. The molecule has 0 fully saturated rings. The van der Waals surface area contributed by atoms with Crippen molar-refractivity contribution in [2.75, 3.05) is 30.5 Å². The molecule has 3 N–H and O–H groups in total. The van der Waals surface area contributed by atoms with E-state index >= 15 is 0 Å². The fourth-order valence-electron chi connectivity index (χ4n) is 2.95. The highest BCUT2D eigenvalue weighted by molar-refractivity contribution is 5.93. The number of amides is 1. The van der Waals surface area contributed by atoms with Gasteiger partial charge in [0.1, 0.15) is 12.4 Å². The quantitative estimate of drug-likeness (QED) is 0.400. The van der Waals surface area contributed by atoms with Gasteiger partial charge in [-0.1, -0.05) is 32.0 Å². The van der Waals surface area contributed by atoms with Crippen LogP contribution < -0.4 is 25.0 Å². The minimum atomic E-state index is -1.14. The molecule has 9 heteroatoms. The summed E-state index contributed by atoms with van der Waals surface area (Å²) in [6.45, 7) is 5.39. The molecule has 0 spiro atoms. The molecule has 0 bridgehead atoms. The van der Waals surface area contributed by atoms with Gasteiger partial charge in [0.05, 0.1) is 12.8 Å². The summed E-state index contributed by atoms with van der Waals surface area (Å²) in [6, 6.07) is 16.1. The van der Waals surface area contributed by atoms with Crippen LogP contribution >= 0.6 is 0 Å². The van der Waals surface area contributed by atoms with E-state index in [1.54, 1.807) is 43.5 Å². The van der Waals surface area contributed by atoms with Crippen molar-refractivity contribution in [3.05, 3.63) is 60.8 Å². The molecule has 0 aliphatic carbocycles. The summed E-state index contributed by atoms with van der Waals surface area (Å²) in [6.07, 6.45) is 0.357. The largest absolute Gasteiger partial charge is 0.493 e. The van der Waals surface area contributed by atoms with E-state index in [2.05, 4.69) is 34.4 Å². The van der Waals surface area contributed by atoms with Gasteiger partial charge in [-0.2, -0.15) is 4.98 Å². The number of carbonyl (C=O) groups is 1. The monoisotopic (exact) mass is 437 g/mol. The highest BCUT2D eigenvalue weighted by Crippen LogP contribution is 2.31. The Morgan fingerprint density at radius 1 is 1.12 bits per heavy atom. The van der Waals surface area contributed by atoms with Gasteiger partial charge in [0, 0.05) is 36.6 Å². The number of ether oxygens (including phenoxy) is 2. The van der Waals surface area contributed by atoms with Crippen molar-refractivity contribution >= 4 is 29.2 Å². The lowest BCUT2D eigenvalue weighted by atomic mass is 10.2. The van der Waals surface area contributed by atoms with Crippen LogP contribution in [-0.4, -0.2) is 47.5 Å². The predicted octanol–water partition coefficient (Wildman–Crippen LogP) is 4.42. The molecule has 0 saturated heterocycles. The van der Waals surface area contributed by atoms with Gasteiger partial charge in [0.25, 0.3) is 0 Å². The molecule has 0 aliphatic heterocycles. The second-order valence-electron chi connectivity index (χ2n) is 7.14. The Hall–Kier alpha value is -3.85. The molecule has 0 atom stereocenters. The maximum atomic E-state index is 11.8. The maximum Gasteiger partial charge on any atom is 0.417 e. The molecule has 1 heterocycles. The summed E-state index contributed by atoms with van der Waals surface area (Å²) in [5.41, 5.74) is 1.16. The highest BCUT2D eigenvalue weighted by atomic mass is 16.5. The third kappa shape index (κ3) is 6.08. The topological polar surface area (TPSA) is 109 Å². The van der Waals surface area contributed by atoms with E-state index in [0.29, 0.717) is 35.5 Å². The lowest BCUT2D eigenvalue weighted by Crippen LogP contribution is -2.27. The van der Waals surface area contributed by atoms with Crippen LogP contribution in [-0.2, 0) is 0 Å². The number of aromatic nitrogens is 2. The number of nitrogens with one attached hydrogen (secondary N) is 2. The summed E-state index contributed by atoms with van der Waals surface area (Å²) >= 11 is 0. The molecule has 0 aliphatic rings. The molecule has 3 rings (SSSR count). The normalized spacial score (nSPS) is 10.6. The zero-order valence-electron chi connectivity index (χ0n) is 18.3. The summed E-state index contributed by atoms with van der Waals surface area (Å²) in [7, 11) is 1.57. The van der Waals surface area contributed by atoms with E-state index in [4.69, 9.17) is 9.47 Å². The molecule has 2 aromatic carbocycles. The van der Waals surface area contributed by atoms with Gasteiger partial charge in [0.2, 0.25) is 5.95 Å². The van der Waals surface area contributed by atoms with Crippen LogP contribution in [0.5, 0.6) is 11.5 Å². The van der Waals surface area contributed by atoms with Gasteiger partial charge in [0.15, 0.2) is 11.5 Å². The van der Waals surface area contributed by atoms with Crippen LogP contribution in [0, 0.1) is 0 Å². The lowest BCUT2D eigenvalue weighted by molar-refractivity contribution is 0.204. The Bertz CT molecular complexity index is 1030. The van der Waals surface area contributed by atoms with E-state index in [-0.39, 0.29) is 11.8 Å². The van der Waals surface area contributed by atoms with E-state index in [9.17, 15) is 9.90 Å². The first-order valence-electron chi connectivity index (χ1n) is 10.2. The van der Waals surface area contributed by atoms with Crippen LogP contribution in [0.4, 0.5) is 27.9 Å². The molecular weight excluding hydrogens is 410 g/mol. The van der Waals surface area contributed by atoms with Crippen molar-refractivity contribution in [3.8, 4) is 11.5 Å². The van der Waals surface area contributed by atoms with Crippen molar-refractivity contribution in [1.82, 2.24) is 15.3 Å². The second kappa shape index (κ2) is 11.0. The molecule has 0 unspecified atom stereocenters. The van der Waals surface area contributed by atoms with Crippen molar-refractivity contribution in [2.24, 2.45) is 0 Å². The fourth-order valence-corrected chi connectivity index (χ4v) is 2.95. The number of anilines is 4. The molecule has 168 valence electrons. The zero-order valence-corrected chi connectivity index (χ0v) is 18.3. The summed E-state index contributed by atoms with van der Waals surface area (Å²) in [5.74, 6) is 1.67. The fraction of sp³-hybridized carbons (Fsp3) is 0.261. The second-order valence-corrected chi connectivity index (χ2v) is 7.14. The standard InChI is InChI=1S/C23H27N5O4/c1-16(2)24-13-14-32-19-10-9-17(15-20(19)31-3)26-22-25-12-11-21(27-22)28(23(29)30)18-7-5-4-6-8-18/h4-12,15-16,24H,13-14H2,1-3H3,(H,29,30)(H,25,26,27). The number of hydrogen-bond acceptors (Lipinski definition) is 7. The van der Waals surface area contributed by atoms with Crippen LogP contribution in [0.1, 0.15) is 13.8 Å². The third-order valence-electron chi connectivity index (χ3n) is 4.41. The predicted molar refractivity (Wildman–Crippen MR) is 124 cm³/mol. The van der Waals surface area contributed by atoms with E-state index in [1.165, 1.54) is 12.3 Å².